The molecule has 1 aromatic carbocycles. The Kier molecular flexibility index (Phi) is 6.02. The van der Waals surface area contributed by atoms with Gasteiger partial charge in [-0.05, 0) is 37.0 Å². The molecule has 5 heteroatoms. The Morgan fingerprint density at radius 1 is 1.43 bits per heavy atom. The van der Waals surface area contributed by atoms with E-state index in [4.69, 9.17) is 15.7 Å². The zero-order valence-corrected chi connectivity index (χ0v) is 12.6. The maximum Gasteiger partial charge on any atom is 0.170 e. The van der Waals surface area contributed by atoms with Gasteiger partial charge in [0.1, 0.15) is 0 Å². The molecule has 0 atom stereocenters. The van der Waals surface area contributed by atoms with Gasteiger partial charge in [0.15, 0.2) is 5.84 Å². The minimum absolute atomic E-state index is 0.141. The van der Waals surface area contributed by atoms with Crippen LogP contribution in [0.15, 0.2) is 23.4 Å². The number of hydrogen-bond donors (Lipinski definition) is 3. The van der Waals surface area contributed by atoms with Crippen LogP contribution in [0.25, 0.3) is 0 Å². The summed E-state index contributed by atoms with van der Waals surface area (Å²) in [6.07, 6.45) is 5.53. The zero-order chi connectivity index (χ0) is 15.1. The molecule has 116 valence electrons. The van der Waals surface area contributed by atoms with Crippen molar-refractivity contribution in [3.63, 3.8) is 0 Å². The highest BCUT2D eigenvalue weighted by Crippen LogP contribution is 2.20. The van der Waals surface area contributed by atoms with Gasteiger partial charge in [0, 0.05) is 18.7 Å². The summed E-state index contributed by atoms with van der Waals surface area (Å²) >= 11 is 0. The first-order valence-electron chi connectivity index (χ1n) is 7.60. The number of nitrogens with two attached hydrogens (primary N) is 1. The molecule has 0 aliphatic heterocycles. The fourth-order valence-corrected chi connectivity index (χ4v) is 2.69. The van der Waals surface area contributed by atoms with Gasteiger partial charge in [0.25, 0.3) is 0 Å². The van der Waals surface area contributed by atoms with Gasteiger partial charge in [0.2, 0.25) is 0 Å². The van der Waals surface area contributed by atoms with Crippen molar-refractivity contribution < 1.29 is 9.94 Å². The molecule has 0 bridgehead atoms. The van der Waals surface area contributed by atoms with Gasteiger partial charge < -0.3 is 21.0 Å². The first kappa shape index (κ1) is 15.8. The maximum absolute atomic E-state index is 8.68. The van der Waals surface area contributed by atoms with E-state index in [-0.39, 0.29) is 5.84 Å². The highest BCUT2D eigenvalue weighted by Gasteiger charge is 2.14. The van der Waals surface area contributed by atoms with Crippen LogP contribution in [-0.4, -0.2) is 30.3 Å². The summed E-state index contributed by atoms with van der Waals surface area (Å²) in [7, 11) is 0. The number of amidine groups is 1. The molecule has 0 heterocycles. The lowest BCUT2D eigenvalue weighted by molar-refractivity contribution is 0.0602. The molecule has 1 aliphatic rings. The van der Waals surface area contributed by atoms with Gasteiger partial charge >= 0.3 is 0 Å². The summed E-state index contributed by atoms with van der Waals surface area (Å²) in [5.74, 6) is 0.141. The van der Waals surface area contributed by atoms with Crippen LogP contribution in [0.2, 0.25) is 0 Å². The van der Waals surface area contributed by atoms with Crippen molar-refractivity contribution in [2.75, 3.05) is 13.2 Å². The second-order valence-corrected chi connectivity index (χ2v) is 5.58. The van der Waals surface area contributed by atoms with Crippen LogP contribution in [-0.2, 0) is 11.3 Å². The fraction of sp³-hybridized carbons (Fsp3) is 0.562. The van der Waals surface area contributed by atoms with Gasteiger partial charge in [-0.25, -0.2) is 0 Å². The summed E-state index contributed by atoms with van der Waals surface area (Å²) in [5.41, 5.74) is 8.66. The number of benzene rings is 1. The largest absolute Gasteiger partial charge is 0.409 e. The number of nitrogens with zero attached hydrogens (tertiary/aromatic N) is 1. The minimum atomic E-state index is 0.141. The average Bonchev–Trinajstić information content (AvgIpc) is 3.00. The van der Waals surface area contributed by atoms with E-state index in [1.807, 2.05) is 25.1 Å². The van der Waals surface area contributed by atoms with Crippen molar-refractivity contribution in [1.29, 1.82) is 0 Å². The predicted molar refractivity (Wildman–Crippen MR) is 83.6 cm³/mol. The molecule has 0 amide bonds. The van der Waals surface area contributed by atoms with Gasteiger partial charge in [-0.3, -0.25) is 0 Å². The van der Waals surface area contributed by atoms with E-state index in [9.17, 15) is 0 Å². The lowest BCUT2D eigenvalue weighted by atomic mass is 10.0. The number of ether oxygens (including phenoxy) is 1. The molecule has 2 rings (SSSR count). The van der Waals surface area contributed by atoms with Crippen molar-refractivity contribution in [1.82, 2.24) is 5.32 Å². The first-order valence-corrected chi connectivity index (χ1v) is 7.60. The summed E-state index contributed by atoms with van der Waals surface area (Å²) < 4.78 is 5.81. The monoisotopic (exact) mass is 291 g/mol. The molecule has 1 saturated carbocycles. The van der Waals surface area contributed by atoms with E-state index < -0.39 is 0 Å². The molecule has 1 aliphatic carbocycles. The lowest BCUT2D eigenvalue weighted by Gasteiger charge is -2.12. The Labute approximate surface area is 126 Å². The smallest absolute Gasteiger partial charge is 0.170 e. The van der Waals surface area contributed by atoms with Crippen molar-refractivity contribution in [3.8, 4) is 0 Å². The Balaban J connectivity index is 1.72. The van der Waals surface area contributed by atoms with E-state index in [0.29, 0.717) is 6.10 Å². The Hall–Kier alpha value is -1.59. The zero-order valence-electron chi connectivity index (χ0n) is 12.6. The highest BCUT2D eigenvalue weighted by atomic mass is 16.5. The van der Waals surface area contributed by atoms with Gasteiger partial charge in [-0.1, -0.05) is 30.1 Å². The minimum Gasteiger partial charge on any atom is -0.409 e. The molecular weight excluding hydrogens is 266 g/mol. The summed E-state index contributed by atoms with van der Waals surface area (Å²) in [6.45, 7) is 4.46. The molecule has 0 saturated heterocycles. The quantitative estimate of drug-likeness (QED) is 0.236. The second-order valence-electron chi connectivity index (χ2n) is 5.58. The van der Waals surface area contributed by atoms with Crippen LogP contribution >= 0.6 is 0 Å². The van der Waals surface area contributed by atoms with E-state index in [2.05, 4.69) is 10.5 Å². The number of rotatable bonds is 7. The Bertz CT molecular complexity index is 482. The van der Waals surface area contributed by atoms with Gasteiger partial charge in [0.05, 0.1) is 12.7 Å². The topological polar surface area (TPSA) is 79.9 Å². The third kappa shape index (κ3) is 4.72. The molecule has 21 heavy (non-hydrogen) atoms. The standard InChI is InChI=1S/C16H25N3O2/c1-12-10-13(16(17)19-20)6-7-14(12)11-18-8-9-21-15-4-2-3-5-15/h6-7,10,15,18,20H,2-5,8-9,11H2,1H3,(H2,17,19). The van der Waals surface area contributed by atoms with Crippen LogP contribution in [0.5, 0.6) is 0 Å². The van der Waals surface area contributed by atoms with Gasteiger partial charge in [-0.2, -0.15) is 0 Å². The molecule has 0 spiro atoms. The number of hydrogen-bond acceptors (Lipinski definition) is 4. The molecule has 0 radical (unpaired) electrons. The second kappa shape index (κ2) is 8.00. The number of nitrogens with one attached hydrogen (secondary N) is 1. The van der Waals surface area contributed by atoms with E-state index in [1.165, 1.54) is 31.2 Å². The molecule has 1 fully saturated rings. The molecule has 0 aromatic heterocycles. The van der Waals surface area contributed by atoms with Crippen molar-refractivity contribution in [2.45, 2.75) is 45.3 Å². The van der Waals surface area contributed by atoms with E-state index in [0.717, 1.165) is 30.8 Å². The van der Waals surface area contributed by atoms with Crippen LogP contribution < -0.4 is 11.1 Å². The molecule has 0 unspecified atom stereocenters. The predicted octanol–water partition coefficient (Wildman–Crippen LogP) is 2.14. The van der Waals surface area contributed by atoms with E-state index in [1.54, 1.807) is 0 Å². The molecule has 4 N–H and O–H groups in total. The van der Waals surface area contributed by atoms with Crippen molar-refractivity contribution in [2.24, 2.45) is 10.9 Å². The Morgan fingerprint density at radius 3 is 2.86 bits per heavy atom. The number of aryl methyl sites for hydroxylation is 1. The number of oxime groups is 1. The average molecular weight is 291 g/mol. The van der Waals surface area contributed by atoms with Crippen LogP contribution in [0.4, 0.5) is 0 Å². The highest BCUT2D eigenvalue weighted by molar-refractivity contribution is 5.97. The van der Waals surface area contributed by atoms with E-state index >= 15 is 0 Å². The third-order valence-corrected chi connectivity index (χ3v) is 4.00. The van der Waals surface area contributed by atoms with Gasteiger partial charge in [-0.15, -0.1) is 0 Å². The summed E-state index contributed by atoms with van der Waals surface area (Å²) in [4.78, 5) is 0. The van der Waals surface area contributed by atoms with Crippen LogP contribution in [0.1, 0.15) is 42.4 Å². The maximum atomic E-state index is 8.68. The first-order chi connectivity index (χ1) is 10.2. The molecule has 1 aromatic rings. The summed E-state index contributed by atoms with van der Waals surface area (Å²) in [5, 5.41) is 15.1. The molecular formula is C16H25N3O2. The van der Waals surface area contributed by atoms with Crippen LogP contribution in [0.3, 0.4) is 0 Å². The Morgan fingerprint density at radius 2 is 2.19 bits per heavy atom. The molecule has 5 nitrogen and oxygen atoms in total. The third-order valence-electron chi connectivity index (χ3n) is 4.00. The van der Waals surface area contributed by atoms with Crippen molar-refractivity contribution in [3.05, 3.63) is 34.9 Å². The fourth-order valence-electron chi connectivity index (χ4n) is 2.69. The summed E-state index contributed by atoms with van der Waals surface area (Å²) in [6, 6.07) is 5.81. The lowest BCUT2D eigenvalue weighted by Crippen LogP contribution is -2.22. The SMILES string of the molecule is Cc1cc(/C(N)=N/O)ccc1CNCCOC1CCCC1. The van der Waals surface area contributed by atoms with Crippen LogP contribution in [0, 0.1) is 6.92 Å². The normalized spacial score (nSPS) is 16.5. The van der Waals surface area contributed by atoms with Crippen molar-refractivity contribution >= 4 is 5.84 Å².